The van der Waals surface area contributed by atoms with E-state index in [1.807, 2.05) is 23.1 Å². The fraction of sp³-hybridized carbons (Fsp3) is 0.657. The summed E-state index contributed by atoms with van der Waals surface area (Å²) >= 11 is 0. The summed E-state index contributed by atoms with van der Waals surface area (Å²) in [5.41, 5.74) is 1.49. The van der Waals surface area contributed by atoms with E-state index in [0.29, 0.717) is 18.4 Å². The predicted octanol–water partition coefficient (Wildman–Crippen LogP) is 6.17. The lowest BCUT2D eigenvalue weighted by atomic mass is 10.0. The number of fused-ring (bicyclic) bond motifs is 1. The number of pyridine rings is 1. The molecule has 2 aliphatic heterocycles. The number of H-pyrrole nitrogens is 1. The van der Waals surface area contributed by atoms with E-state index in [4.69, 9.17) is 14.6 Å². The number of hydrogen-bond acceptors (Lipinski definition) is 7. The Morgan fingerprint density at radius 1 is 1.11 bits per heavy atom. The monoisotopic (exact) mass is 612 g/mol. The van der Waals surface area contributed by atoms with Crippen LogP contribution in [0.2, 0.25) is 0 Å². The van der Waals surface area contributed by atoms with Gasteiger partial charge in [0.2, 0.25) is 5.91 Å². The van der Waals surface area contributed by atoms with Gasteiger partial charge < -0.3 is 34.7 Å². The lowest BCUT2D eigenvalue weighted by Gasteiger charge is -2.23. The minimum Gasteiger partial charge on any atom is -0.495 e. The second-order valence-corrected chi connectivity index (χ2v) is 12.5. The van der Waals surface area contributed by atoms with Crippen LogP contribution < -0.4 is 20.3 Å². The number of aliphatic hydroxyl groups excluding tert-OH is 1. The summed E-state index contributed by atoms with van der Waals surface area (Å²) in [6.45, 7) is 10.5. The van der Waals surface area contributed by atoms with Crippen LogP contribution in [0.5, 0.6) is 11.5 Å². The summed E-state index contributed by atoms with van der Waals surface area (Å²) < 4.78 is 11.8. The Morgan fingerprint density at radius 3 is 2.61 bits per heavy atom. The molecule has 44 heavy (non-hydrogen) atoms. The number of methoxy groups -OCH3 is 1. The molecule has 1 saturated carbocycles. The number of carbonyl (C=O) groups is 1. The molecule has 1 aromatic heterocycles. The molecule has 0 unspecified atom stereocenters. The Morgan fingerprint density at radius 2 is 1.91 bits per heavy atom. The van der Waals surface area contributed by atoms with E-state index in [0.717, 1.165) is 79.7 Å². The van der Waals surface area contributed by atoms with Crippen molar-refractivity contribution in [2.24, 2.45) is 5.92 Å². The zero-order chi connectivity index (χ0) is 31.3. The first-order chi connectivity index (χ1) is 21.4. The van der Waals surface area contributed by atoms with Gasteiger partial charge in [-0.2, -0.15) is 0 Å². The van der Waals surface area contributed by atoms with Crippen molar-refractivity contribution in [3.8, 4) is 11.5 Å². The predicted molar refractivity (Wildman–Crippen MR) is 179 cm³/mol. The third kappa shape index (κ3) is 9.91. The average Bonchev–Trinajstić information content (AvgIpc) is 3.47. The Balaban J connectivity index is 0.000000312. The number of hydrogen-bond donors (Lipinski definition) is 3. The Labute approximate surface area is 264 Å². The molecule has 1 aromatic carbocycles. The molecule has 9 heteroatoms. The molecular formula is C35H56N4O5. The van der Waals surface area contributed by atoms with Gasteiger partial charge in [-0.1, -0.05) is 45.1 Å². The number of nitrogens with one attached hydrogen (secondary N) is 2. The van der Waals surface area contributed by atoms with Gasteiger partial charge in [0.05, 0.1) is 31.3 Å². The number of benzene rings is 1. The summed E-state index contributed by atoms with van der Waals surface area (Å²) in [6, 6.07) is 6.26. The summed E-state index contributed by atoms with van der Waals surface area (Å²) in [4.78, 5) is 32.0. The minimum absolute atomic E-state index is 0. The molecule has 1 atom stereocenters. The van der Waals surface area contributed by atoms with Gasteiger partial charge in [-0.15, -0.1) is 0 Å². The standard InChI is InChI=1S/C25H36N2O3.C10H18N2O2.H2/c1-29-22-12-7-11-20-23(22)26-25(28)21(10-4-2-3-9-19-13-14-19)24(20)30-18-8-17-27-15-5-6-16-27;1-3-9-5-4-6-12(9)10(14)7-11-8(2)13;/h7,11-12,19H,2-6,8-10,13-18H2,1H3,(H,26,28);9,11,13H,2-7H2,1H3;1H/t;9-;/m.1./s1. The molecule has 1 aliphatic carbocycles. The van der Waals surface area contributed by atoms with Crippen molar-refractivity contribution in [2.45, 2.75) is 96.4 Å². The lowest BCUT2D eigenvalue weighted by molar-refractivity contribution is -0.131. The molecular weight excluding hydrogens is 556 g/mol. The molecule has 2 saturated heterocycles. The number of aromatic amines is 1. The second-order valence-electron chi connectivity index (χ2n) is 12.5. The fourth-order valence-corrected chi connectivity index (χ4v) is 6.52. The number of para-hydroxylation sites is 1. The van der Waals surface area contributed by atoms with Gasteiger partial charge in [-0.3, -0.25) is 9.59 Å². The number of nitrogens with zero attached hydrogens (tertiary/aromatic N) is 2. The number of aliphatic hydroxyl groups is 1. The molecule has 0 radical (unpaired) electrons. The first-order valence-corrected chi connectivity index (χ1v) is 16.9. The zero-order valence-electron chi connectivity index (χ0n) is 27.0. The summed E-state index contributed by atoms with van der Waals surface area (Å²) in [5, 5.41) is 12.3. The van der Waals surface area contributed by atoms with Crippen LogP contribution >= 0.6 is 0 Å². The van der Waals surface area contributed by atoms with E-state index in [9.17, 15) is 9.59 Å². The maximum Gasteiger partial charge on any atom is 0.255 e. The Hall–Kier alpha value is -3.20. The molecule has 3 aliphatic rings. The topological polar surface area (TPSA) is 107 Å². The average molecular weight is 613 g/mol. The van der Waals surface area contributed by atoms with Crippen molar-refractivity contribution in [3.63, 3.8) is 0 Å². The van der Waals surface area contributed by atoms with Gasteiger partial charge in [-0.05, 0) is 89.1 Å². The third-order valence-electron chi connectivity index (χ3n) is 9.19. The van der Waals surface area contributed by atoms with Gasteiger partial charge >= 0.3 is 0 Å². The summed E-state index contributed by atoms with van der Waals surface area (Å²) in [7, 11) is 1.64. The van der Waals surface area contributed by atoms with Crippen molar-refractivity contribution in [1.29, 1.82) is 0 Å². The van der Waals surface area contributed by atoms with E-state index in [2.05, 4.69) is 28.7 Å². The van der Waals surface area contributed by atoms with Crippen molar-refractivity contribution in [2.75, 3.05) is 46.4 Å². The maximum atomic E-state index is 12.9. The van der Waals surface area contributed by atoms with E-state index >= 15 is 0 Å². The van der Waals surface area contributed by atoms with Gasteiger partial charge in [-0.25, -0.2) is 0 Å². The quantitative estimate of drug-likeness (QED) is 0.154. The smallest absolute Gasteiger partial charge is 0.255 e. The molecule has 0 bridgehead atoms. The molecule has 3 heterocycles. The second kappa shape index (κ2) is 17.3. The van der Waals surface area contributed by atoms with Gasteiger partial charge in [0.1, 0.15) is 11.5 Å². The van der Waals surface area contributed by atoms with Crippen LogP contribution in [0.3, 0.4) is 0 Å². The van der Waals surface area contributed by atoms with E-state index in [1.54, 1.807) is 7.11 Å². The normalized spacial score (nSPS) is 18.2. The van der Waals surface area contributed by atoms with Crippen LogP contribution in [0.25, 0.3) is 10.9 Å². The van der Waals surface area contributed by atoms with Gasteiger partial charge in [0.25, 0.3) is 5.56 Å². The molecule has 9 nitrogen and oxygen atoms in total. The van der Waals surface area contributed by atoms with Crippen LogP contribution in [0.15, 0.2) is 35.5 Å². The molecule has 2 aromatic rings. The van der Waals surface area contributed by atoms with Crippen molar-refractivity contribution < 1.29 is 20.8 Å². The first-order valence-electron chi connectivity index (χ1n) is 16.9. The molecule has 246 valence electrons. The number of ether oxygens (including phenoxy) is 2. The van der Waals surface area contributed by atoms with E-state index in [1.165, 1.54) is 58.0 Å². The molecule has 3 fully saturated rings. The van der Waals surface area contributed by atoms with Gasteiger partial charge in [0.15, 0.2) is 5.88 Å². The van der Waals surface area contributed by atoms with Crippen molar-refractivity contribution in [3.05, 3.63) is 46.6 Å². The highest BCUT2D eigenvalue weighted by atomic mass is 16.5. The van der Waals surface area contributed by atoms with Crippen LogP contribution in [-0.4, -0.2) is 78.3 Å². The lowest BCUT2D eigenvalue weighted by Crippen LogP contribution is -2.40. The maximum absolute atomic E-state index is 12.9. The number of rotatable bonds is 16. The highest BCUT2D eigenvalue weighted by Crippen LogP contribution is 2.35. The highest BCUT2D eigenvalue weighted by molar-refractivity contribution is 5.90. The molecule has 1 amide bonds. The Kier molecular flexibility index (Phi) is 13.3. The first kappa shape index (κ1) is 33.7. The Bertz CT molecular complexity index is 1270. The summed E-state index contributed by atoms with van der Waals surface area (Å²) in [6.07, 6.45) is 15.3. The highest BCUT2D eigenvalue weighted by Gasteiger charge is 2.26. The minimum atomic E-state index is -0.148. The molecule has 3 N–H and O–H groups in total. The van der Waals surface area contributed by atoms with Crippen molar-refractivity contribution >= 4 is 16.8 Å². The SMILES string of the molecule is C=C(O)NCC(=O)N1CCC[C@H]1CC.COc1cccc2c(OCCCN3CCCC3)c(CCCCCC3CC3)c(=O)[nH]c12.[HH]. The van der Waals surface area contributed by atoms with Crippen LogP contribution in [0.1, 0.15) is 91.0 Å². The third-order valence-corrected chi connectivity index (χ3v) is 9.19. The molecule has 5 rings (SSSR count). The summed E-state index contributed by atoms with van der Waals surface area (Å²) in [5.74, 6) is 2.32. The number of likely N-dealkylation sites (tertiary alicyclic amines) is 2. The number of aromatic nitrogens is 1. The van der Waals surface area contributed by atoms with Crippen LogP contribution in [0, 0.1) is 5.92 Å². The number of carbonyl (C=O) groups excluding carboxylic acids is 1. The van der Waals surface area contributed by atoms with Gasteiger partial charge in [0, 0.05) is 25.9 Å². The fourth-order valence-electron chi connectivity index (χ4n) is 6.52. The molecule has 0 spiro atoms. The zero-order valence-corrected chi connectivity index (χ0v) is 27.0. The van der Waals surface area contributed by atoms with E-state index < -0.39 is 0 Å². The van der Waals surface area contributed by atoms with E-state index in [-0.39, 0.29) is 25.3 Å². The van der Waals surface area contributed by atoms with Crippen LogP contribution in [-0.2, 0) is 11.2 Å². The number of unbranched alkanes of at least 4 members (excludes halogenated alkanes) is 2. The van der Waals surface area contributed by atoms with Crippen molar-refractivity contribution in [1.82, 2.24) is 20.1 Å². The largest absolute Gasteiger partial charge is 0.495 e. The van der Waals surface area contributed by atoms with Crippen LogP contribution in [0.4, 0.5) is 0 Å². The number of amides is 1.